The van der Waals surface area contributed by atoms with Gasteiger partial charge in [-0.25, -0.2) is 4.39 Å². The average molecular weight is 361 g/mol. The molecule has 0 aliphatic heterocycles. The molecular formula is C17H12FNO3S2. The normalized spacial score (nSPS) is 11.7. The number of thiophene rings is 1. The molecule has 24 heavy (non-hydrogen) atoms. The fraction of sp³-hybridized carbons (Fsp3) is 0. The minimum Gasteiger partial charge on any atom is -0.379 e. The van der Waals surface area contributed by atoms with Gasteiger partial charge in [-0.3, -0.25) is 4.99 Å². The molecule has 3 rings (SSSR count). The monoisotopic (exact) mass is 361 g/mol. The summed E-state index contributed by atoms with van der Waals surface area (Å²) in [5.41, 5.74) is 0.676. The topological polar surface area (TPSA) is 55.7 Å². The van der Waals surface area contributed by atoms with E-state index in [0.717, 1.165) is 29.1 Å². The van der Waals surface area contributed by atoms with E-state index in [9.17, 15) is 12.8 Å². The quantitative estimate of drug-likeness (QED) is 0.500. The van der Waals surface area contributed by atoms with Gasteiger partial charge in [-0.15, -0.1) is 11.3 Å². The maximum atomic E-state index is 12.9. The molecule has 0 unspecified atom stereocenters. The molecule has 0 saturated heterocycles. The Morgan fingerprint density at radius 1 is 1.00 bits per heavy atom. The zero-order chi connectivity index (χ0) is 17.0. The standard InChI is InChI=1S/C17H12FNO3S2/c18-13-3-9-17(10-4-13)24(20,21)22-15-7-5-14(6-8-15)19-12-16-2-1-11-23-16/h1-12H. The number of nitrogens with zero attached hydrogens (tertiary/aromatic N) is 1. The van der Waals surface area contributed by atoms with Crippen LogP contribution >= 0.6 is 11.3 Å². The Kier molecular flexibility index (Phi) is 4.73. The summed E-state index contributed by atoms with van der Waals surface area (Å²) in [5.74, 6) is -0.351. The van der Waals surface area contributed by atoms with Crippen molar-refractivity contribution < 1.29 is 17.0 Å². The smallest absolute Gasteiger partial charge is 0.339 e. The lowest BCUT2D eigenvalue weighted by molar-refractivity contribution is 0.486. The van der Waals surface area contributed by atoms with Gasteiger partial charge in [0.15, 0.2) is 0 Å². The lowest BCUT2D eigenvalue weighted by atomic mass is 10.3. The van der Waals surface area contributed by atoms with E-state index < -0.39 is 15.9 Å². The maximum absolute atomic E-state index is 12.9. The second-order valence-corrected chi connectivity index (χ2v) is 7.28. The largest absolute Gasteiger partial charge is 0.379 e. The zero-order valence-corrected chi connectivity index (χ0v) is 13.9. The first-order chi connectivity index (χ1) is 11.5. The molecule has 7 heteroatoms. The summed E-state index contributed by atoms with van der Waals surface area (Å²) >= 11 is 1.57. The van der Waals surface area contributed by atoms with Gasteiger partial charge in [0.1, 0.15) is 16.5 Å². The molecule has 0 saturated carbocycles. The van der Waals surface area contributed by atoms with Crippen LogP contribution in [-0.4, -0.2) is 14.6 Å². The third kappa shape index (κ3) is 4.06. The Bertz CT molecular complexity index is 933. The first-order valence-corrected chi connectivity index (χ1v) is 9.19. The molecule has 4 nitrogen and oxygen atoms in total. The SMILES string of the molecule is O=S(=O)(Oc1ccc(N=Cc2cccs2)cc1)c1ccc(F)cc1. The minimum atomic E-state index is -3.99. The van der Waals surface area contributed by atoms with Crippen LogP contribution in [0.25, 0.3) is 0 Å². The second kappa shape index (κ2) is 6.94. The maximum Gasteiger partial charge on any atom is 0.339 e. The Labute approximate surface area is 143 Å². The molecule has 0 aliphatic carbocycles. The van der Waals surface area contributed by atoms with E-state index in [-0.39, 0.29) is 10.6 Å². The van der Waals surface area contributed by atoms with Crippen LogP contribution in [0.4, 0.5) is 10.1 Å². The van der Waals surface area contributed by atoms with Crippen LogP contribution in [0.15, 0.2) is 75.9 Å². The van der Waals surface area contributed by atoms with Gasteiger partial charge in [-0.1, -0.05) is 6.07 Å². The molecule has 2 aromatic carbocycles. The number of aliphatic imine (C=N–C) groups is 1. The van der Waals surface area contributed by atoms with Crippen LogP contribution in [0.2, 0.25) is 0 Å². The highest BCUT2D eigenvalue weighted by Crippen LogP contribution is 2.22. The van der Waals surface area contributed by atoms with E-state index in [2.05, 4.69) is 4.99 Å². The van der Waals surface area contributed by atoms with Crippen molar-refractivity contribution in [2.75, 3.05) is 0 Å². The Morgan fingerprint density at radius 3 is 2.33 bits per heavy atom. The molecular weight excluding hydrogens is 349 g/mol. The Hall–Kier alpha value is -2.51. The number of hydrogen-bond donors (Lipinski definition) is 0. The highest BCUT2D eigenvalue weighted by Gasteiger charge is 2.16. The third-order valence-corrected chi connectivity index (χ3v) is 5.10. The predicted molar refractivity (Wildman–Crippen MR) is 92.2 cm³/mol. The van der Waals surface area contributed by atoms with E-state index >= 15 is 0 Å². The van der Waals surface area contributed by atoms with Gasteiger partial charge in [-0.2, -0.15) is 8.42 Å². The van der Waals surface area contributed by atoms with Gasteiger partial charge in [0.25, 0.3) is 0 Å². The minimum absolute atomic E-state index is 0.108. The number of benzene rings is 2. The van der Waals surface area contributed by atoms with Crippen molar-refractivity contribution in [2.45, 2.75) is 4.90 Å². The van der Waals surface area contributed by atoms with E-state index in [4.69, 9.17) is 4.18 Å². The van der Waals surface area contributed by atoms with Gasteiger partial charge in [0.05, 0.1) is 5.69 Å². The highest BCUT2D eigenvalue weighted by atomic mass is 32.2. The van der Waals surface area contributed by atoms with Crippen molar-refractivity contribution >= 4 is 33.4 Å². The van der Waals surface area contributed by atoms with Gasteiger partial charge >= 0.3 is 10.1 Å². The van der Waals surface area contributed by atoms with Crippen LogP contribution in [-0.2, 0) is 10.1 Å². The predicted octanol–water partition coefficient (Wildman–Crippen LogP) is 4.41. The highest BCUT2D eigenvalue weighted by molar-refractivity contribution is 7.87. The van der Waals surface area contributed by atoms with E-state index in [1.165, 1.54) is 12.1 Å². The molecule has 0 amide bonds. The molecule has 0 radical (unpaired) electrons. The molecule has 0 aliphatic rings. The molecule has 0 atom stereocenters. The van der Waals surface area contributed by atoms with Crippen LogP contribution in [0.3, 0.4) is 0 Å². The molecule has 0 N–H and O–H groups in total. The van der Waals surface area contributed by atoms with Gasteiger partial charge in [0.2, 0.25) is 0 Å². The van der Waals surface area contributed by atoms with Gasteiger partial charge < -0.3 is 4.18 Å². The summed E-state index contributed by atoms with van der Waals surface area (Å²) in [7, 11) is -3.99. The van der Waals surface area contributed by atoms with Crippen molar-refractivity contribution in [3.63, 3.8) is 0 Å². The third-order valence-electron chi connectivity index (χ3n) is 3.03. The van der Waals surface area contributed by atoms with Crippen molar-refractivity contribution in [3.8, 4) is 5.75 Å². The van der Waals surface area contributed by atoms with E-state index in [1.54, 1.807) is 29.7 Å². The van der Waals surface area contributed by atoms with Crippen LogP contribution in [0, 0.1) is 5.82 Å². The Morgan fingerprint density at radius 2 is 1.71 bits per heavy atom. The molecule has 0 bridgehead atoms. The summed E-state index contributed by atoms with van der Waals surface area (Å²) in [6.45, 7) is 0. The fourth-order valence-corrected chi connectivity index (χ4v) is 3.38. The van der Waals surface area contributed by atoms with Crippen LogP contribution < -0.4 is 4.18 Å². The average Bonchev–Trinajstić information content (AvgIpc) is 3.08. The second-order valence-electron chi connectivity index (χ2n) is 4.76. The molecule has 1 aromatic heterocycles. The molecule has 0 spiro atoms. The lowest BCUT2D eigenvalue weighted by Crippen LogP contribution is -2.09. The van der Waals surface area contributed by atoms with Crippen LogP contribution in [0.5, 0.6) is 5.75 Å². The van der Waals surface area contributed by atoms with Gasteiger partial charge in [0, 0.05) is 11.1 Å². The summed E-state index contributed by atoms with van der Waals surface area (Å²) in [5, 5.41) is 1.96. The fourth-order valence-electron chi connectivity index (χ4n) is 1.87. The zero-order valence-electron chi connectivity index (χ0n) is 12.3. The summed E-state index contributed by atoms with van der Waals surface area (Å²) in [4.78, 5) is 5.21. The molecule has 122 valence electrons. The van der Waals surface area contributed by atoms with Crippen molar-refractivity contribution in [3.05, 3.63) is 76.7 Å². The first-order valence-electron chi connectivity index (χ1n) is 6.91. The van der Waals surface area contributed by atoms with E-state index in [1.807, 2.05) is 17.5 Å². The van der Waals surface area contributed by atoms with Crippen molar-refractivity contribution in [2.24, 2.45) is 4.99 Å². The molecule has 0 fully saturated rings. The number of rotatable bonds is 5. The summed E-state index contributed by atoms with van der Waals surface area (Å²) in [6, 6.07) is 14.7. The van der Waals surface area contributed by atoms with Gasteiger partial charge in [-0.05, 0) is 60.0 Å². The summed E-state index contributed by atoms with van der Waals surface area (Å²) in [6.07, 6.45) is 1.73. The van der Waals surface area contributed by atoms with Crippen LogP contribution in [0.1, 0.15) is 4.88 Å². The molecule has 3 aromatic rings. The van der Waals surface area contributed by atoms with Crippen molar-refractivity contribution in [1.29, 1.82) is 0 Å². The number of halogens is 1. The Balaban J connectivity index is 1.72. The van der Waals surface area contributed by atoms with E-state index in [0.29, 0.717) is 5.69 Å². The summed E-state index contributed by atoms with van der Waals surface area (Å²) < 4.78 is 42.1. The first kappa shape index (κ1) is 16.4. The molecule has 1 heterocycles. The number of hydrogen-bond acceptors (Lipinski definition) is 5. The van der Waals surface area contributed by atoms with Crippen molar-refractivity contribution in [1.82, 2.24) is 0 Å². The lowest BCUT2D eigenvalue weighted by Gasteiger charge is -2.07.